The number of anilines is 1. The van der Waals surface area contributed by atoms with Gasteiger partial charge in [-0.15, -0.1) is 0 Å². The summed E-state index contributed by atoms with van der Waals surface area (Å²) in [5, 5.41) is 18.0. The molecule has 1 aliphatic carbocycles. The number of benzene rings is 1. The third kappa shape index (κ3) is 4.41. The average Bonchev–Trinajstić information content (AvgIpc) is 3.14. The van der Waals surface area contributed by atoms with Gasteiger partial charge in [0.15, 0.2) is 22.7 Å². The lowest BCUT2D eigenvalue weighted by atomic mass is 9.91. The molecule has 0 radical (unpaired) electrons. The molecular weight excluding hydrogens is 522 g/mol. The maximum absolute atomic E-state index is 16.2. The number of para-hydroxylation sites is 1. The van der Waals surface area contributed by atoms with Gasteiger partial charge in [0.05, 0.1) is 17.8 Å². The number of carbonyl (C=O) groups is 1. The largest absolute Gasteiger partial charge is 0.464 e. The summed E-state index contributed by atoms with van der Waals surface area (Å²) in [6.07, 6.45) is -1.23. The lowest BCUT2D eigenvalue weighted by Crippen LogP contribution is -2.44. The zero-order chi connectivity index (χ0) is 27.3. The predicted octanol–water partition coefficient (Wildman–Crippen LogP) is 1.98. The number of alkyl halides is 1. The van der Waals surface area contributed by atoms with Gasteiger partial charge in [-0.1, -0.05) is 32.0 Å². The highest BCUT2D eigenvalue weighted by Gasteiger charge is 2.85. The Hall–Kier alpha value is -3.16. The van der Waals surface area contributed by atoms with Crippen molar-refractivity contribution >= 4 is 25.2 Å². The number of halogens is 1. The summed E-state index contributed by atoms with van der Waals surface area (Å²) < 4.78 is 53.4. The molecule has 5 rings (SSSR count). The molecule has 0 spiro atoms. The fraction of sp³-hybridized carbons (Fsp3) is 0.478. The van der Waals surface area contributed by atoms with Gasteiger partial charge in [0, 0.05) is 6.54 Å². The summed E-state index contributed by atoms with van der Waals surface area (Å²) in [7, 11) is -4.20. The highest BCUT2D eigenvalue weighted by atomic mass is 31.2. The number of carbonyl (C=O) groups excluding carboxylic acids is 1. The maximum Gasteiger partial charge on any atom is 0.459 e. The number of aliphatic hydroxyl groups is 1. The Labute approximate surface area is 217 Å². The molecule has 1 aromatic carbocycles. The summed E-state index contributed by atoms with van der Waals surface area (Å²) in [5.41, 5.74) is 1.69. The molecule has 13 nitrogen and oxygen atoms in total. The van der Waals surface area contributed by atoms with E-state index in [0.29, 0.717) is 0 Å². The Morgan fingerprint density at radius 1 is 1.34 bits per heavy atom. The fourth-order valence-corrected chi connectivity index (χ4v) is 5.92. The van der Waals surface area contributed by atoms with Crippen molar-refractivity contribution in [2.45, 2.75) is 50.4 Å². The molecule has 15 heteroatoms. The molecule has 3 aromatic rings. The number of nitrogens with zero attached hydrogens (tertiary/aromatic N) is 4. The second-order valence-electron chi connectivity index (χ2n) is 9.56. The van der Waals surface area contributed by atoms with E-state index in [-0.39, 0.29) is 42.0 Å². The van der Waals surface area contributed by atoms with Gasteiger partial charge in [-0.25, -0.2) is 28.5 Å². The molecule has 204 valence electrons. The van der Waals surface area contributed by atoms with Crippen molar-refractivity contribution in [3.8, 4) is 5.75 Å². The van der Waals surface area contributed by atoms with Crippen molar-refractivity contribution in [1.82, 2.24) is 24.7 Å². The van der Waals surface area contributed by atoms with Gasteiger partial charge in [-0.05, 0) is 19.1 Å². The van der Waals surface area contributed by atoms with E-state index >= 15 is 4.39 Å². The van der Waals surface area contributed by atoms with Crippen LogP contribution in [0.3, 0.4) is 0 Å². The van der Waals surface area contributed by atoms with E-state index in [4.69, 9.17) is 24.3 Å². The zero-order valence-electron chi connectivity index (χ0n) is 20.9. The molecule has 1 saturated heterocycles. The molecule has 2 unspecified atom stereocenters. The SMILES string of the molecule is CC(C)C(=O)OCCNP(=O)(Oc1ccccc1)OC1[C@H]2O[C@@H](c3cnc4c(N)ncnn34)[C@](C)(F)[C@@]12O. The van der Waals surface area contributed by atoms with Gasteiger partial charge < -0.3 is 24.8 Å². The molecule has 0 amide bonds. The minimum Gasteiger partial charge on any atom is -0.464 e. The van der Waals surface area contributed by atoms with Gasteiger partial charge in [-0.2, -0.15) is 5.10 Å². The highest BCUT2D eigenvalue weighted by molar-refractivity contribution is 7.52. The van der Waals surface area contributed by atoms with Crippen LogP contribution in [0.25, 0.3) is 5.65 Å². The number of aromatic nitrogens is 4. The van der Waals surface area contributed by atoms with Gasteiger partial charge in [0.25, 0.3) is 0 Å². The van der Waals surface area contributed by atoms with E-state index in [1.54, 1.807) is 44.2 Å². The van der Waals surface area contributed by atoms with Crippen LogP contribution in [-0.4, -0.2) is 67.3 Å². The topological polar surface area (TPSA) is 172 Å². The number of nitrogens with two attached hydrogens (primary N) is 1. The standard InChI is InChI=1S/C23H28FN6O7P/c1-13(2)21(31)34-10-9-29-38(33,36-14-7-5-4-6-8-14)37-18-17-23(18,32)22(3,24)16(35-17)15-11-26-20-19(25)27-12-28-30(15)20/h4-8,11-13,16-18,32H,9-10H2,1-3H3,(H,29,33)(H2,25,27,28)/t16-,17+,18?,22-,23-,38?/m0/s1. The number of esters is 1. The van der Waals surface area contributed by atoms with Crippen molar-refractivity contribution in [3.05, 3.63) is 48.5 Å². The minimum absolute atomic E-state index is 0.0856. The van der Waals surface area contributed by atoms with Crippen LogP contribution < -0.4 is 15.3 Å². The molecule has 3 heterocycles. The van der Waals surface area contributed by atoms with Crippen molar-refractivity contribution in [2.75, 3.05) is 18.9 Å². The lowest BCUT2D eigenvalue weighted by Gasteiger charge is -2.30. The molecule has 2 fully saturated rings. The summed E-state index contributed by atoms with van der Waals surface area (Å²) in [6, 6.07) is 8.20. The summed E-state index contributed by atoms with van der Waals surface area (Å²) in [4.78, 5) is 19.7. The molecular formula is C23H28FN6O7P. The van der Waals surface area contributed by atoms with Crippen LogP contribution in [0.1, 0.15) is 32.6 Å². The molecule has 38 heavy (non-hydrogen) atoms. The number of fused-ring (bicyclic) bond motifs is 2. The molecule has 2 aromatic heterocycles. The third-order valence-corrected chi connectivity index (χ3v) is 8.13. The average molecular weight is 550 g/mol. The van der Waals surface area contributed by atoms with Gasteiger partial charge >= 0.3 is 13.7 Å². The number of nitrogens with one attached hydrogen (secondary N) is 1. The molecule has 2 aliphatic rings. The Bertz CT molecular complexity index is 1390. The molecule has 4 N–H and O–H groups in total. The number of nitrogen functional groups attached to an aromatic ring is 1. The van der Waals surface area contributed by atoms with E-state index in [0.717, 1.165) is 6.92 Å². The minimum atomic E-state index is -4.20. The number of imidazole rings is 1. The van der Waals surface area contributed by atoms with Crippen molar-refractivity contribution < 1.29 is 37.4 Å². The molecule has 1 saturated carbocycles. The van der Waals surface area contributed by atoms with Crippen LogP contribution in [0, 0.1) is 5.92 Å². The zero-order valence-corrected chi connectivity index (χ0v) is 21.7. The smallest absolute Gasteiger partial charge is 0.459 e. The Morgan fingerprint density at radius 2 is 2.08 bits per heavy atom. The van der Waals surface area contributed by atoms with Crippen LogP contribution in [0.2, 0.25) is 0 Å². The number of ether oxygens (including phenoxy) is 2. The first kappa shape index (κ1) is 26.4. The second-order valence-corrected chi connectivity index (χ2v) is 11.3. The van der Waals surface area contributed by atoms with Crippen molar-refractivity contribution in [1.29, 1.82) is 0 Å². The van der Waals surface area contributed by atoms with Gasteiger partial charge in [-0.3, -0.25) is 9.32 Å². The van der Waals surface area contributed by atoms with Crippen molar-refractivity contribution in [3.63, 3.8) is 0 Å². The second kappa shape index (κ2) is 9.54. The quantitative estimate of drug-likeness (QED) is 0.191. The van der Waals surface area contributed by atoms with Gasteiger partial charge in [0.1, 0.15) is 37.0 Å². The Balaban J connectivity index is 1.33. The van der Waals surface area contributed by atoms with Crippen LogP contribution in [0.15, 0.2) is 42.9 Å². The van der Waals surface area contributed by atoms with Crippen molar-refractivity contribution in [2.24, 2.45) is 5.92 Å². The fourth-order valence-electron chi connectivity index (χ4n) is 4.41. The number of hydrogen-bond donors (Lipinski definition) is 3. The Morgan fingerprint density at radius 3 is 2.74 bits per heavy atom. The lowest BCUT2D eigenvalue weighted by molar-refractivity contribution is -0.147. The number of rotatable bonds is 10. The molecule has 6 atom stereocenters. The van der Waals surface area contributed by atoms with Crippen LogP contribution >= 0.6 is 7.75 Å². The normalized spacial score (nSPS) is 29.7. The van der Waals surface area contributed by atoms with E-state index in [2.05, 4.69) is 20.2 Å². The van der Waals surface area contributed by atoms with Gasteiger partial charge in [0.2, 0.25) is 0 Å². The summed E-state index contributed by atoms with van der Waals surface area (Å²) in [5.74, 6) is -0.448. The maximum atomic E-state index is 16.2. The first-order valence-electron chi connectivity index (χ1n) is 11.9. The van der Waals surface area contributed by atoms with E-state index in [1.807, 2.05) is 0 Å². The third-order valence-electron chi connectivity index (χ3n) is 6.56. The first-order chi connectivity index (χ1) is 18.0. The van der Waals surface area contributed by atoms with E-state index in [1.165, 1.54) is 17.0 Å². The van der Waals surface area contributed by atoms with E-state index in [9.17, 15) is 14.5 Å². The number of hydrogen-bond acceptors (Lipinski definition) is 11. The first-order valence-corrected chi connectivity index (χ1v) is 13.5. The highest BCUT2D eigenvalue weighted by Crippen LogP contribution is 2.66. The van der Waals surface area contributed by atoms with Crippen LogP contribution in [-0.2, 0) is 23.4 Å². The van der Waals surface area contributed by atoms with Crippen LogP contribution in [0.5, 0.6) is 5.75 Å². The molecule has 0 bridgehead atoms. The van der Waals surface area contributed by atoms with Crippen LogP contribution in [0.4, 0.5) is 10.2 Å². The summed E-state index contributed by atoms with van der Waals surface area (Å²) in [6.45, 7) is 4.33. The monoisotopic (exact) mass is 550 g/mol. The molecule has 1 aliphatic heterocycles. The van der Waals surface area contributed by atoms with E-state index < -0.39 is 43.3 Å². The Kier molecular flexibility index (Phi) is 6.64. The predicted molar refractivity (Wildman–Crippen MR) is 131 cm³/mol. The summed E-state index contributed by atoms with van der Waals surface area (Å²) >= 11 is 0.